The third-order valence-electron chi connectivity index (χ3n) is 3.38. The number of aryl methyl sites for hydroxylation is 3. The molecule has 0 saturated carbocycles. The van der Waals surface area contributed by atoms with Crippen LogP contribution < -0.4 is 18.5 Å². The molecule has 5 nitrogen and oxygen atoms in total. The maximum atomic E-state index is 8.60. The van der Waals surface area contributed by atoms with E-state index in [0.29, 0.717) is 5.92 Å². The van der Waals surface area contributed by atoms with Crippen LogP contribution in [0.1, 0.15) is 42.3 Å². The number of benzene rings is 1. The molecule has 2 aromatic rings. The maximum absolute atomic E-state index is 8.60. The Morgan fingerprint density at radius 1 is 0.957 bits per heavy atom. The van der Waals surface area contributed by atoms with E-state index in [-0.39, 0.29) is 0 Å². The van der Waals surface area contributed by atoms with Crippen molar-refractivity contribution < 1.29 is 33.4 Å². The van der Waals surface area contributed by atoms with E-state index in [1.807, 2.05) is 0 Å². The van der Waals surface area contributed by atoms with Crippen molar-refractivity contribution in [2.24, 2.45) is 0 Å². The lowest BCUT2D eigenvalue weighted by Crippen LogP contribution is -2.58. The maximum Gasteiger partial charge on any atom is 0.214 e. The molecule has 0 aliphatic heterocycles. The quantitative estimate of drug-likeness (QED) is 0.772. The number of rotatable bonds is 2. The van der Waals surface area contributed by atoms with Crippen molar-refractivity contribution in [2.75, 3.05) is 0 Å². The summed E-state index contributed by atoms with van der Waals surface area (Å²) in [5.74, 6) is 0.536. The summed E-state index contributed by atoms with van der Waals surface area (Å²) < 4.78 is 35.1. The Balaban J connectivity index is 0.000000463. The summed E-state index contributed by atoms with van der Waals surface area (Å²) in [6.45, 7) is 11.0. The Bertz CT molecular complexity index is 637. The zero-order valence-electron chi connectivity index (χ0n) is 14.0. The van der Waals surface area contributed by atoms with Crippen LogP contribution in [0, 0.1) is 31.0 Å². The zero-order chi connectivity index (χ0) is 17.8. The molecule has 1 N–H and O–H groups in total. The molecule has 0 unspecified atom stereocenters. The Hall–Kier alpha value is -1.50. The lowest BCUT2D eigenvalue weighted by molar-refractivity contribution is -1.92. The largest absolute Gasteiger partial charge is 0.214 e. The summed E-state index contributed by atoms with van der Waals surface area (Å²) in [5.41, 5.74) is 6.62. The third-order valence-corrected chi connectivity index (χ3v) is 3.38. The summed E-state index contributed by atoms with van der Waals surface area (Å²) in [6.07, 6.45) is 0. The fourth-order valence-corrected chi connectivity index (χ4v) is 2.67. The molecule has 1 heterocycles. The van der Waals surface area contributed by atoms with E-state index in [9.17, 15) is 0 Å². The monoisotopic (exact) mass is 340 g/mol. The summed E-state index contributed by atoms with van der Waals surface area (Å²) >= 11 is 0. The van der Waals surface area contributed by atoms with Crippen molar-refractivity contribution in [1.82, 2.24) is 0 Å². The molecule has 23 heavy (non-hydrogen) atoms. The average molecular weight is 341 g/mol. The first-order chi connectivity index (χ1) is 10.5. The number of nitrogens with zero attached hydrogens (tertiary/aromatic N) is 1. The second kappa shape index (κ2) is 7.86. The minimum absolute atomic E-state index is 0.536. The van der Waals surface area contributed by atoms with Gasteiger partial charge in [-0.05, 0) is 18.4 Å². The molecule has 0 aliphatic rings. The Morgan fingerprint density at radius 2 is 1.39 bits per heavy atom. The fraction of sp³-hybridized carbons (Fsp3) is 0.353. The van der Waals surface area contributed by atoms with E-state index >= 15 is 0 Å². The molecular weight excluding hydrogens is 318 g/mol. The van der Waals surface area contributed by atoms with Crippen LogP contribution in [0.5, 0.6) is 0 Å². The first-order valence-electron chi connectivity index (χ1n) is 7.23. The topological polar surface area (TPSA) is 93.3 Å². The molecule has 2 rings (SSSR count). The Morgan fingerprint density at radius 3 is 1.83 bits per heavy atom. The highest BCUT2D eigenvalue weighted by Crippen LogP contribution is 2.20. The van der Waals surface area contributed by atoms with Gasteiger partial charge in [0.05, 0.1) is 14.9 Å². The van der Waals surface area contributed by atoms with E-state index < -0.39 is 10.2 Å². The molecule has 0 fully saturated rings. The van der Waals surface area contributed by atoms with Gasteiger partial charge >= 0.3 is 0 Å². The second-order valence-electron chi connectivity index (χ2n) is 5.76. The van der Waals surface area contributed by atoms with Gasteiger partial charge in [0.2, 0.25) is 5.69 Å². The van der Waals surface area contributed by atoms with Crippen LogP contribution in [0.25, 0.3) is 5.69 Å². The third kappa shape index (κ3) is 6.25. The summed E-state index contributed by atoms with van der Waals surface area (Å²) in [4.78, 5) is 0. The molecule has 0 bridgehead atoms. The molecule has 0 amide bonds. The van der Waals surface area contributed by atoms with Gasteiger partial charge in [0.15, 0.2) is 11.4 Å². The van der Waals surface area contributed by atoms with Gasteiger partial charge in [-0.1, -0.05) is 32.0 Å². The van der Waals surface area contributed by atoms with Gasteiger partial charge in [-0.3, -0.25) is 0 Å². The van der Waals surface area contributed by atoms with Gasteiger partial charge in [0, 0.05) is 37.6 Å². The molecule has 126 valence electrons. The number of para-hydroxylation sites is 1. The first-order valence-corrected chi connectivity index (χ1v) is 8.49. The van der Waals surface area contributed by atoms with E-state index in [1.165, 1.54) is 28.2 Å². The predicted molar refractivity (Wildman–Crippen MR) is 78.5 cm³/mol. The van der Waals surface area contributed by atoms with Crippen molar-refractivity contribution in [3.8, 4) is 5.69 Å². The second-order valence-corrected chi connectivity index (χ2v) is 6.55. The van der Waals surface area contributed by atoms with Crippen molar-refractivity contribution in [3.05, 3.63) is 58.9 Å². The standard InChI is InChI=1S/C17H22N.ClHO4/c1-12(2)16-8-6-7-9-17(16)18-14(4)10-13(3)11-15(18)5;2-1(3,4)5/h6-12H,1-5H3;(H,2,3,4,5)/q+1;. The smallest absolute Gasteiger partial charge is 0.183 e. The minimum Gasteiger partial charge on any atom is -0.183 e. The highest BCUT2D eigenvalue weighted by molar-refractivity contribution is 5.37. The number of hydrogen-bond donors (Lipinski definition) is 1. The van der Waals surface area contributed by atoms with E-state index in [4.69, 9.17) is 18.6 Å². The van der Waals surface area contributed by atoms with E-state index in [2.05, 4.69) is 75.6 Å². The highest BCUT2D eigenvalue weighted by atomic mass is 35.7. The molecule has 0 radical (unpaired) electrons. The Labute approximate surface area is 139 Å². The van der Waals surface area contributed by atoms with Crippen molar-refractivity contribution in [1.29, 1.82) is 0 Å². The van der Waals surface area contributed by atoms with Gasteiger partial charge in [-0.2, -0.15) is 18.5 Å². The van der Waals surface area contributed by atoms with Gasteiger partial charge in [0.1, 0.15) is 0 Å². The van der Waals surface area contributed by atoms with E-state index in [1.54, 1.807) is 0 Å². The normalized spacial score (nSPS) is 11.2. The van der Waals surface area contributed by atoms with Crippen LogP contribution in [-0.2, 0) is 0 Å². The summed E-state index contributed by atoms with van der Waals surface area (Å²) in [6, 6.07) is 13.2. The predicted octanol–water partition coefficient (Wildman–Crippen LogP) is -0.112. The highest BCUT2D eigenvalue weighted by Gasteiger charge is 2.19. The Kier molecular flexibility index (Phi) is 6.68. The van der Waals surface area contributed by atoms with Gasteiger partial charge in [-0.15, -0.1) is 0 Å². The molecule has 0 aliphatic carbocycles. The van der Waals surface area contributed by atoms with Gasteiger partial charge < -0.3 is 0 Å². The molecule has 0 spiro atoms. The first kappa shape index (κ1) is 19.5. The molecule has 1 aromatic heterocycles. The van der Waals surface area contributed by atoms with Crippen LogP contribution in [-0.4, -0.2) is 4.66 Å². The van der Waals surface area contributed by atoms with Crippen LogP contribution >= 0.6 is 0 Å². The molecule has 1 aromatic carbocycles. The van der Waals surface area contributed by atoms with Crippen molar-refractivity contribution in [2.45, 2.75) is 40.5 Å². The van der Waals surface area contributed by atoms with Gasteiger partial charge in [0.25, 0.3) is 0 Å². The van der Waals surface area contributed by atoms with Crippen LogP contribution in [0.15, 0.2) is 36.4 Å². The molecular formula is C17H23ClNO4+. The molecule has 0 saturated heterocycles. The number of pyridine rings is 1. The number of hydrogen-bond acceptors (Lipinski definition) is 4. The summed E-state index contributed by atoms with van der Waals surface area (Å²) in [5, 5.41) is 0. The lowest BCUT2D eigenvalue weighted by atomic mass is 10.0. The number of aromatic nitrogens is 1. The van der Waals surface area contributed by atoms with Gasteiger partial charge in [-0.25, -0.2) is 0 Å². The molecule has 6 heteroatoms. The SMILES string of the molecule is Cc1cc(C)[n+](-c2ccccc2C(C)C)c(C)c1.[O-][Cl+3]([O-])([O-])O. The van der Waals surface area contributed by atoms with E-state index in [0.717, 1.165) is 0 Å². The average Bonchev–Trinajstić information content (AvgIpc) is 2.35. The van der Waals surface area contributed by atoms with Crippen LogP contribution in [0.4, 0.5) is 0 Å². The van der Waals surface area contributed by atoms with Crippen LogP contribution in [0.2, 0.25) is 0 Å². The van der Waals surface area contributed by atoms with Crippen LogP contribution in [0.3, 0.4) is 0 Å². The van der Waals surface area contributed by atoms with Crippen molar-refractivity contribution in [3.63, 3.8) is 0 Å². The zero-order valence-corrected chi connectivity index (χ0v) is 14.8. The fourth-order valence-electron chi connectivity index (χ4n) is 2.67. The lowest BCUT2D eigenvalue weighted by Gasteiger charge is -2.11. The number of halogens is 1. The minimum atomic E-state index is -4.69. The van der Waals surface area contributed by atoms with Crippen molar-refractivity contribution >= 4 is 0 Å². The summed E-state index contributed by atoms with van der Waals surface area (Å²) in [7, 11) is -4.69. The molecule has 0 atom stereocenters.